The molecular formula is C11H13N3S. The van der Waals surface area contributed by atoms with Crippen molar-refractivity contribution in [2.45, 2.75) is 12.5 Å². The van der Waals surface area contributed by atoms with E-state index in [9.17, 15) is 0 Å². The highest BCUT2D eigenvalue weighted by atomic mass is 32.1. The van der Waals surface area contributed by atoms with Gasteiger partial charge in [-0.2, -0.15) is 8.75 Å². The number of nitrogens with one attached hydrogen (secondary N) is 1. The first kappa shape index (κ1) is 10.3. The Bertz CT molecular complexity index is 385. The van der Waals surface area contributed by atoms with Crippen LogP contribution in [0, 0.1) is 0 Å². The Labute approximate surface area is 93.5 Å². The number of aromatic nitrogens is 2. The van der Waals surface area contributed by atoms with Crippen LogP contribution in [0.3, 0.4) is 0 Å². The summed E-state index contributed by atoms with van der Waals surface area (Å²) in [7, 11) is 1.95. The van der Waals surface area contributed by atoms with Crippen molar-refractivity contribution in [2.24, 2.45) is 0 Å². The van der Waals surface area contributed by atoms with Gasteiger partial charge in [0.15, 0.2) is 0 Å². The molecule has 0 bridgehead atoms. The number of hydrogen-bond donors (Lipinski definition) is 1. The molecule has 1 atom stereocenters. The molecule has 1 aromatic carbocycles. The maximum atomic E-state index is 4.25. The molecular weight excluding hydrogens is 206 g/mol. The number of nitrogens with zero attached hydrogens (tertiary/aromatic N) is 2. The first-order valence-corrected chi connectivity index (χ1v) is 5.62. The first-order chi connectivity index (χ1) is 7.40. The summed E-state index contributed by atoms with van der Waals surface area (Å²) in [5, 5.41) is 3.26. The van der Waals surface area contributed by atoms with Gasteiger partial charge in [-0.3, -0.25) is 0 Å². The van der Waals surface area contributed by atoms with Crippen LogP contribution in [0.2, 0.25) is 0 Å². The molecule has 0 fully saturated rings. The minimum absolute atomic E-state index is 0.256. The van der Waals surface area contributed by atoms with Gasteiger partial charge in [0.1, 0.15) is 0 Å². The lowest BCUT2D eigenvalue weighted by molar-refractivity contribution is 0.580. The summed E-state index contributed by atoms with van der Waals surface area (Å²) >= 11 is 1.25. The highest BCUT2D eigenvalue weighted by molar-refractivity contribution is 6.99. The van der Waals surface area contributed by atoms with Gasteiger partial charge in [-0.1, -0.05) is 30.3 Å². The van der Waals surface area contributed by atoms with Gasteiger partial charge in [0.2, 0.25) is 0 Å². The molecule has 15 heavy (non-hydrogen) atoms. The third kappa shape index (κ3) is 2.61. The van der Waals surface area contributed by atoms with Crippen LogP contribution in [-0.2, 0) is 6.42 Å². The maximum absolute atomic E-state index is 4.25. The predicted molar refractivity (Wildman–Crippen MR) is 61.9 cm³/mol. The van der Waals surface area contributed by atoms with Crippen LogP contribution in [0.15, 0.2) is 36.5 Å². The van der Waals surface area contributed by atoms with E-state index in [1.807, 2.05) is 19.3 Å². The zero-order valence-electron chi connectivity index (χ0n) is 8.55. The molecule has 2 aromatic rings. The SMILES string of the molecule is CNC(Cc1ccccc1)c1cnsn1. The number of likely N-dealkylation sites (N-methyl/N-ethyl adjacent to an activating group) is 1. The summed E-state index contributed by atoms with van der Waals surface area (Å²) in [6.07, 6.45) is 2.78. The second-order valence-electron chi connectivity index (χ2n) is 3.36. The van der Waals surface area contributed by atoms with Gasteiger partial charge in [-0.15, -0.1) is 0 Å². The predicted octanol–water partition coefficient (Wildman–Crippen LogP) is 2.04. The fourth-order valence-electron chi connectivity index (χ4n) is 1.53. The third-order valence-electron chi connectivity index (χ3n) is 2.37. The molecule has 0 aliphatic heterocycles. The quantitative estimate of drug-likeness (QED) is 0.855. The lowest BCUT2D eigenvalue weighted by atomic mass is 10.0. The van der Waals surface area contributed by atoms with Crippen molar-refractivity contribution < 1.29 is 0 Å². The fraction of sp³-hybridized carbons (Fsp3) is 0.273. The third-order valence-corrected chi connectivity index (χ3v) is 2.86. The Kier molecular flexibility index (Phi) is 3.42. The summed E-state index contributed by atoms with van der Waals surface area (Å²) in [6, 6.07) is 10.7. The Balaban J connectivity index is 2.10. The topological polar surface area (TPSA) is 37.8 Å². The summed E-state index contributed by atoms with van der Waals surface area (Å²) < 4.78 is 8.27. The minimum atomic E-state index is 0.256. The van der Waals surface area contributed by atoms with E-state index in [1.165, 1.54) is 17.3 Å². The van der Waals surface area contributed by atoms with Crippen LogP contribution in [0.25, 0.3) is 0 Å². The van der Waals surface area contributed by atoms with Crippen molar-refractivity contribution in [3.8, 4) is 0 Å². The van der Waals surface area contributed by atoms with E-state index in [-0.39, 0.29) is 6.04 Å². The molecule has 0 aliphatic rings. The van der Waals surface area contributed by atoms with E-state index in [2.05, 4.69) is 38.3 Å². The second kappa shape index (κ2) is 5.00. The highest BCUT2D eigenvalue weighted by Gasteiger charge is 2.12. The van der Waals surface area contributed by atoms with Gasteiger partial charge < -0.3 is 5.32 Å². The molecule has 1 N–H and O–H groups in total. The van der Waals surface area contributed by atoms with Crippen molar-refractivity contribution in [1.82, 2.24) is 14.1 Å². The molecule has 1 aromatic heterocycles. The molecule has 1 unspecified atom stereocenters. The van der Waals surface area contributed by atoms with Crippen LogP contribution in [0.1, 0.15) is 17.3 Å². The van der Waals surface area contributed by atoms with Crippen molar-refractivity contribution in [1.29, 1.82) is 0 Å². The van der Waals surface area contributed by atoms with E-state index in [0.29, 0.717) is 0 Å². The Morgan fingerprint density at radius 2 is 2.13 bits per heavy atom. The molecule has 2 rings (SSSR count). The molecule has 4 heteroatoms. The Hall–Kier alpha value is -1.26. The van der Waals surface area contributed by atoms with Gasteiger partial charge in [-0.25, -0.2) is 0 Å². The van der Waals surface area contributed by atoms with Crippen LogP contribution in [0.5, 0.6) is 0 Å². The van der Waals surface area contributed by atoms with Crippen molar-refractivity contribution >= 4 is 11.7 Å². The lowest BCUT2D eigenvalue weighted by Crippen LogP contribution is -2.19. The summed E-state index contributed by atoms with van der Waals surface area (Å²) in [5.74, 6) is 0. The van der Waals surface area contributed by atoms with Crippen LogP contribution in [0.4, 0.5) is 0 Å². The second-order valence-corrected chi connectivity index (χ2v) is 3.92. The Morgan fingerprint density at radius 3 is 2.73 bits per heavy atom. The highest BCUT2D eigenvalue weighted by Crippen LogP contribution is 2.15. The number of benzene rings is 1. The molecule has 78 valence electrons. The molecule has 3 nitrogen and oxygen atoms in total. The zero-order valence-corrected chi connectivity index (χ0v) is 9.37. The summed E-state index contributed by atoms with van der Waals surface area (Å²) in [5.41, 5.74) is 2.33. The van der Waals surface area contributed by atoms with Crippen LogP contribution >= 0.6 is 11.7 Å². The fourth-order valence-corrected chi connectivity index (χ4v) is 2.00. The van der Waals surface area contributed by atoms with Gasteiger partial charge in [0.25, 0.3) is 0 Å². The van der Waals surface area contributed by atoms with Crippen molar-refractivity contribution in [3.05, 3.63) is 47.8 Å². The average molecular weight is 219 g/mol. The summed E-state index contributed by atoms with van der Waals surface area (Å²) in [4.78, 5) is 0. The van der Waals surface area contributed by atoms with Crippen LogP contribution in [-0.4, -0.2) is 15.8 Å². The van der Waals surface area contributed by atoms with E-state index < -0.39 is 0 Å². The summed E-state index contributed by atoms with van der Waals surface area (Å²) in [6.45, 7) is 0. The van der Waals surface area contributed by atoms with Gasteiger partial charge >= 0.3 is 0 Å². The molecule has 0 aliphatic carbocycles. The van der Waals surface area contributed by atoms with Gasteiger partial charge in [-0.05, 0) is 19.0 Å². The average Bonchev–Trinajstić information content (AvgIpc) is 2.81. The Morgan fingerprint density at radius 1 is 1.33 bits per heavy atom. The lowest BCUT2D eigenvalue weighted by Gasteiger charge is -2.12. The van der Waals surface area contributed by atoms with Crippen molar-refractivity contribution in [2.75, 3.05) is 7.05 Å². The molecule has 0 saturated heterocycles. The largest absolute Gasteiger partial charge is 0.311 e. The van der Waals surface area contributed by atoms with E-state index >= 15 is 0 Å². The normalized spacial score (nSPS) is 12.6. The van der Waals surface area contributed by atoms with Gasteiger partial charge in [0, 0.05) is 0 Å². The zero-order chi connectivity index (χ0) is 10.5. The number of hydrogen-bond acceptors (Lipinski definition) is 4. The first-order valence-electron chi connectivity index (χ1n) is 4.89. The van der Waals surface area contributed by atoms with Crippen molar-refractivity contribution in [3.63, 3.8) is 0 Å². The molecule has 0 saturated carbocycles. The van der Waals surface area contributed by atoms with E-state index in [4.69, 9.17) is 0 Å². The van der Waals surface area contributed by atoms with E-state index in [1.54, 1.807) is 0 Å². The molecule has 0 spiro atoms. The van der Waals surface area contributed by atoms with Crippen LogP contribution < -0.4 is 5.32 Å². The molecule has 1 heterocycles. The minimum Gasteiger partial charge on any atom is -0.311 e. The van der Waals surface area contributed by atoms with Gasteiger partial charge in [0.05, 0.1) is 29.7 Å². The smallest absolute Gasteiger partial charge is 0.0915 e. The number of rotatable bonds is 4. The standard InChI is InChI=1S/C11H13N3S/c1-12-10(11-8-13-15-14-11)7-9-5-3-2-4-6-9/h2-6,8,10,12H,7H2,1H3. The maximum Gasteiger partial charge on any atom is 0.0915 e. The molecule has 0 radical (unpaired) electrons. The monoisotopic (exact) mass is 219 g/mol. The van der Waals surface area contributed by atoms with E-state index in [0.717, 1.165) is 12.1 Å². The molecule has 0 amide bonds.